The third kappa shape index (κ3) is 1.74. The molecule has 4 heteroatoms. The van der Waals surface area contributed by atoms with E-state index in [4.69, 9.17) is 16.7 Å². The van der Waals surface area contributed by atoms with Gasteiger partial charge in [0.05, 0.1) is 5.02 Å². The average Bonchev–Trinajstić information content (AvgIpc) is 2.57. The van der Waals surface area contributed by atoms with Crippen LogP contribution in [0, 0.1) is 0 Å². The first kappa shape index (κ1) is 9.49. The Morgan fingerprint density at radius 3 is 3.14 bits per heavy atom. The lowest BCUT2D eigenvalue weighted by Gasteiger charge is -2.02. The van der Waals surface area contributed by atoms with E-state index in [9.17, 15) is 0 Å². The smallest absolute Gasteiger partial charge is 0.139 e. The highest BCUT2D eigenvalue weighted by atomic mass is 35.5. The highest BCUT2D eigenvalue weighted by Gasteiger charge is 2.01. The van der Waals surface area contributed by atoms with Crippen molar-refractivity contribution in [1.82, 2.24) is 9.55 Å². The molecule has 0 unspecified atom stereocenters. The predicted octanol–water partition coefficient (Wildman–Crippen LogP) is 2.07. The van der Waals surface area contributed by atoms with Crippen molar-refractivity contribution in [2.45, 2.75) is 13.0 Å². The molecule has 1 N–H and O–H groups in total. The Morgan fingerprint density at radius 1 is 1.50 bits per heavy atom. The van der Waals surface area contributed by atoms with Gasteiger partial charge in [-0.3, -0.25) is 0 Å². The van der Waals surface area contributed by atoms with Crippen LogP contribution in [0.5, 0.6) is 0 Å². The third-order valence-electron chi connectivity index (χ3n) is 2.12. The SMILES string of the molecule is OCCCn1ccc2cc(Cl)cnc21. The molecule has 0 aliphatic rings. The summed E-state index contributed by atoms with van der Waals surface area (Å²) in [4.78, 5) is 4.24. The number of pyridine rings is 1. The summed E-state index contributed by atoms with van der Waals surface area (Å²) in [6.07, 6.45) is 4.34. The zero-order valence-corrected chi connectivity index (χ0v) is 8.41. The van der Waals surface area contributed by atoms with Gasteiger partial charge in [0, 0.05) is 30.9 Å². The molecule has 0 bridgehead atoms. The molecule has 2 aromatic heterocycles. The van der Waals surface area contributed by atoms with Crippen molar-refractivity contribution in [3.05, 3.63) is 29.5 Å². The molecule has 0 atom stereocenters. The van der Waals surface area contributed by atoms with Crippen LogP contribution < -0.4 is 0 Å². The second-order valence-corrected chi connectivity index (χ2v) is 3.59. The molecule has 0 spiro atoms. The summed E-state index contributed by atoms with van der Waals surface area (Å²) in [5.41, 5.74) is 0.919. The Balaban J connectivity index is 2.37. The van der Waals surface area contributed by atoms with Gasteiger partial charge >= 0.3 is 0 Å². The molecular formula is C10H11ClN2O. The molecule has 2 aromatic rings. The summed E-state index contributed by atoms with van der Waals surface area (Å²) in [7, 11) is 0. The fraction of sp³-hybridized carbons (Fsp3) is 0.300. The van der Waals surface area contributed by atoms with Crippen LogP contribution in [0.3, 0.4) is 0 Å². The summed E-state index contributed by atoms with van der Waals surface area (Å²) in [6.45, 7) is 0.988. The van der Waals surface area contributed by atoms with E-state index in [0.717, 1.165) is 24.0 Å². The summed E-state index contributed by atoms with van der Waals surface area (Å²) >= 11 is 5.82. The number of aromatic nitrogens is 2. The van der Waals surface area contributed by atoms with Gasteiger partial charge in [0.2, 0.25) is 0 Å². The van der Waals surface area contributed by atoms with E-state index in [-0.39, 0.29) is 6.61 Å². The number of rotatable bonds is 3. The number of hydrogen-bond acceptors (Lipinski definition) is 2. The number of nitrogens with zero attached hydrogens (tertiary/aromatic N) is 2. The molecule has 2 heterocycles. The first-order valence-corrected chi connectivity index (χ1v) is 4.90. The zero-order chi connectivity index (χ0) is 9.97. The second kappa shape index (κ2) is 3.98. The minimum Gasteiger partial charge on any atom is -0.396 e. The van der Waals surface area contributed by atoms with Crippen molar-refractivity contribution >= 4 is 22.6 Å². The third-order valence-corrected chi connectivity index (χ3v) is 2.33. The lowest BCUT2D eigenvalue weighted by molar-refractivity contribution is 0.280. The summed E-state index contributed by atoms with van der Waals surface area (Å²) < 4.78 is 2.02. The molecule has 0 aliphatic heterocycles. The Hall–Kier alpha value is -1.06. The van der Waals surface area contributed by atoms with E-state index in [2.05, 4.69) is 4.98 Å². The van der Waals surface area contributed by atoms with Crippen molar-refractivity contribution in [3.63, 3.8) is 0 Å². The summed E-state index contributed by atoms with van der Waals surface area (Å²) in [5, 5.41) is 10.4. The zero-order valence-electron chi connectivity index (χ0n) is 7.65. The molecule has 0 amide bonds. The maximum Gasteiger partial charge on any atom is 0.139 e. The van der Waals surface area contributed by atoms with E-state index in [0.29, 0.717) is 5.02 Å². The van der Waals surface area contributed by atoms with Crippen LogP contribution in [0.4, 0.5) is 0 Å². The van der Waals surface area contributed by atoms with E-state index >= 15 is 0 Å². The van der Waals surface area contributed by atoms with Crippen LogP contribution in [-0.4, -0.2) is 21.3 Å². The number of hydrogen-bond donors (Lipinski definition) is 1. The van der Waals surface area contributed by atoms with Crippen molar-refractivity contribution in [2.24, 2.45) is 0 Å². The minimum absolute atomic E-state index is 0.202. The normalized spacial score (nSPS) is 11.0. The molecule has 3 nitrogen and oxygen atoms in total. The van der Waals surface area contributed by atoms with Gasteiger partial charge in [-0.05, 0) is 18.6 Å². The lowest BCUT2D eigenvalue weighted by Crippen LogP contribution is -1.99. The van der Waals surface area contributed by atoms with E-state index in [1.807, 2.05) is 22.9 Å². The highest BCUT2D eigenvalue weighted by Crippen LogP contribution is 2.17. The molecule has 0 aromatic carbocycles. The Kier molecular flexibility index (Phi) is 2.70. The van der Waals surface area contributed by atoms with Crippen molar-refractivity contribution in [1.29, 1.82) is 0 Å². The number of aliphatic hydroxyl groups excluding tert-OH is 1. The van der Waals surface area contributed by atoms with Crippen molar-refractivity contribution in [2.75, 3.05) is 6.61 Å². The minimum atomic E-state index is 0.202. The van der Waals surface area contributed by atoms with E-state index in [1.54, 1.807) is 6.20 Å². The van der Waals surface area contributed by atoms with Crippen LogP contribution in [-0.2, 0) is 6.54 Å². The topological polar surface area (TPSA) is 38.0 Å². The highest BCUT2D eigenvalue weighted by molar-refractivity contribution is 6.31. The quantitative estimate of drug-likeness (QED) is 0.843. The maximum absolute atomic E-state index is 8.73. The monoisotopic (exact) mass is 210 g/mol. The molecule has 0 saturated heterocycles. The predicted molar refractivity (Wildman–Crippen MR) is 56.4 cm³/mol. The lowest BCUT2D eigenvalue weighted by atomic mass is 10.3. The number of aryl methyl sites for hydroxylation is 1. The van der Waals surface area contributed by atoms with E-state index in [1.165, 1.54) is 0 Å². The fourth-order valence-corrected chi connectivity index (χ4v) is 1.64. The van der Waals surface area contributed by atoms with Gasteiger partial charge in [0.15, 0.2) is 0 Å². The van der Waals surface area contributed by atoms with E-state index < -0.39 is 0 Å². The Labute approximate surface area is 86.9 Å². The number of fused-ring (bicyclic) bond motifs is 1. The maximum atomic E-state index is 8.73. The van der Waals surface area contributed by atoms with Crippen LogP contribution in [0.15, 0.2) is 24.5 Å². The van der Waals surface area contributed by atoms with Gasteiger partial charge in [-0.25, -0.2) is 4.98 Å². The molecular weight excluding hydrogens is 200 g/mol. The second-order valence-electron chi connectivity index (χ2n) is 3.15. The largest absolute Gasteiger partial charge is 0.396 e. The van der Waals surface area contributed by atoms with Crippen LogP contribution in [0.25, 0.3) is 11.0 Å². The summed E-state index contributed by atoms with van der Waals surface area (Å²) in [6, 6.07) is 3.87. The first-order chi connectivity index (χ1) is 6.81. The number of aliphatic hydroxyl groups is 1. The molecule has 74 valence electrons. The Morgan fingerprint density at radius 2 is 2.36 bits per heavy atom. The molecule has 0 fully saturated rings. The van der Waals surface area contributed by atoms with Crippen molar-refractivity contribution < 1.29 is 5.11 Å². The van der Waals surface area contributed by atoms with Gasteiger partial charge in [-0.2, -0.15) is 0 Å². The van der Waals surface area contributed by atoms with Gasteiger partial charge < -0.3 is 9.67 Å². The number of halogens is 1. The van der Waals surface area contributed by atoms with Crippen LogP contribution >= 0.6 is 11.6 Å². The first-order valence-electron chi connectivity index (χ1n) is 4.52. The summed E-state index contributed by atoms with van der Waals surface area (Å²) in [5.74, 6) is 0. The van der Waals surface area contributed by atoms with Gasteiger partial charge in [0.1, 0.15) is 5.65 Å². The molecule has 14 heavy (non-hydrogen) atoms. The molecule has 0 radical (unpaired) electrons. The standard InChI is InChI=1S/C10H11ClN2O/c11-9-6-8-2-4-13(3-1-5-14)10(8)12-7-9/h2,4,6-7,14H,1,3,5H2. The molecule has 0 saturated carbocycles. The fourth-order valence-electron chi connectivity index (χ4n) is 1.47. The average molecular weight is 211 g/mol. The van der Waals surface area contributed by atoms with Gasteiger partial charge in [-0.1, -0.05) is 11.6 Å². The van der Waals surface area contributed by atoms with Crippen LogP contribution in [0.1, 0.15) is 6.42 Å². The Bertz CT molecular complexity index is 439. The van der Waals surface area contributed by atoms with Crippen LogP contribution in [0.2, 0.25) is 5.02 Å². The molecule has 0 aliphatic carbocycles. The van der Waals surface area contributed by atoms with Gasteiger partial charge in [0.25, 0.3) is 0 Å². The molecule has 2 rings (SSSR count). The van der Waals surface area contributed by atoms with Gasteiger partial charge in [-0.15, -0.1) is 0 Å². The van der Waals surface area contributed by atoms with Crippen molar-refractivity contribution in [3.8, 4) is 0 Å².